The molecule has 0 aliphatic heterocycles. The summed E-state index contributed by atoms with van der Waals surface area (Å²) >= 11 is 0. The summed E-state index contributed by atoms with van der Waals surface area (Å²) in [6.45, 7) is 8.70. The van der Waals surface area contributed by atoms with Gasteiger partial charge in [-0.05, 0) is 64.1 Å². The summed E-state index contributed by atoms with van der Waals surface area (Å²) in [5.41, 5.74) is 9.97. The molecule has 0 saturated heterocycles. The van der Waals surface area contributed by atoms with Crippen molar-refractivity contribution in [3.63, 3.8) is 0 Å². The molecule has 0 amide bonds. The summed E-state index contributed by atoms with van der Waals surface area (Å²) in [7, 11) is 0. The van der Waals surface area contributed by atoms with Gasteiger partial charge in [-0.3, -0.25) is 0 Å². The van der Waals surface area contributed by atoms with E-state index >= 15 is 0 Å². The molecule has 0 spiro atoms. The molecule has 7 aromatic rings. The number of benzene rings is 6. The first-order valence-electron chi connectivity index (χ1n) is 16.8. The number of fused-ring (bicyclic) bond motifs is 1. The Kier molecular flexibility index (Phi) is 8.83. The molecule has 0 aliphatic rings. The van der Waals surface area contributed by atoms with Crippen molar-refractivity contribution in [1.29, 1.82) is 0 Å². The van der Waals surface area contributed by atoms with Gasteiger partial charge in [0.25, 0.3) is 0 Å². The highest BCUT2D eigenvalue weighted by molar-refractivity contribution is 5.87. The van der Waals surface area contributed by atoms with E-state index in [4.69, 9.17) is 15.0 Å². The summed E-state index contributed by atoms with van der Waals surface area (Å²) in [6.07, 6.45) is 6.21. The summed E-state index contributed by atoms with van der Waals surface area (Å²) in [5, 5.41) is 2.52. The fourth-order valence-corrected chi connectivity index (χ4v) is 6.22. The molecule has 0 aliphatic carbocycles. The van der Waals surface area contributed by atoms with Crippen LogP contribution in [0.1, 0.15) is 44.4 Å². The lowest BCUT2D eigenvalue weighted by Crippen LogP contribution is -2.18. The largest absolute Gasteiger partial charge is 0.208 e. The van der Waals surface area contributed by atoms with Crippen molar-refractivity contribution in [2.24, 2.45) is 0 Å². The third-order valence-corrected chi connectivity index (χ3v) is 9.36. The van der Waals surface area contributed by atoms with Crippen LogP contribution in [0.4, 0.5) is 0 Å². The summed E-state index contributed by atoms with van der Waals surface area (Å²) in [5.74, 6) is 1.97. The molecule has 0 N–H and O–H groups in total. The number of hydrogen-bond donors (Lipinski definition) is 0. The summed E-state index contributed by atoms with van der Waals surface area (Å²) in [4.78, 5) is 14.8. The van der Waals surface area contributed by atoms with Gasteiger partial charge in [0.05, 0.1) is 0 Å². The van der Waals surface area contributed by atoms with Crippen molar-refractivity contribution in [1.82, 2.24) is 15.0 Å². The van der Waals surface area contributed by atoms with Crippen molar-refractivity contribution in [3.05, 3.63) is 181 Å². The van der Waals surface area contributed by atoms with Crippen LogP contribution in [0, 0.1) is 0 Å². The standard InChI is InChI=1S/C46H39N3/c1-5-6-12-32(2)33-17-20-37(21-18-33)44-47-43(36-14-8-7-9-15-36)48-45(49-44)38-25-29-42(30-26-38)46(3,4)41-27-23-35(24-28-41)40-22-19-34-13-10-11-16-39(34)31-40/h5-31H,1-4H3/b6-5-,32-12+. The number of aromatic nitrogens is 3. The van der Waals surface area contributed by atoms with E-state index in [1.807, 2.05) is 43.3 Å². The third kappa shape index (κ3) is 6.75. The fraction of sp³-hybridized carbons (Fsp3) is 0.109. The first-order chi connectivity index (χ1) is 23.9. The molecule has 0 atom stereocenters. The maximum absolute atomic E-state index is 4.98. The fourth-order valence-electron chi connectivity index (χ4n) is 6.22. The van der Waals surface area contributed by atoms with E-state index in [-0.39, 0.29) is 5.41 Å². The van der Waals surface area contributed by atoms with Gasteiger partial charge in [0.2, 0.25) is 0 Å². The van der Waals surface area contributed by atoms with Crippen molar-refractivity contribution >= 4 is 16.3 Å². The molecule has 3 nitrogen and oxygen atoms in total. The quantitative estimate of drug-likeness (QED) is 0.156. The summed E-state index contributed by atoms with van der Waals surface area (Å²) in [6, 6.07) is 51.4. The van der Waals surface area contributed by atoms with Gasteiger partial charge in [0.1, 0.15) is 0 Å². The molecule has 0 saturated carbocycles. The average Bonchev–Trinajstić information content (AvgIpc) is 3.17. The molecule has 6 aromatic carbocycles. The van der Waals surface area contributed by atoms with E-state index in [1.165, 1.54) is 44.2 Å². The van der Waals surface area contributed by atoms with Gasteiger partial charge in [-0.1, -0.05) is 172 Å². The van der Waals surface area contributed by atoms with Gasteiger partial charge in [-0.15, -0.1) is 0 Å². The maximum Gasteiger partial charge on any atom is 0.164 e. The minimum Gasteiger partial charge on any atom is -0.208 e. The van der Waals surface area contributed by atoms with Gasteiger partial charge in [0.15, 0.2) is 17.5 Å². The van der Waals surface area contributed by atoms with Crippen LogP contribution in [-0.2, 0) is 5.41 Å². The van der Waals surface area contributed by atoms with Crippen LogP contribution in [0.2, 0.25) is 0 Å². The second-order valence-corrected chi connectivity index (χ2v) is 13.0. The maximum atomic E-state index is 4.98. The highest BCUT2D eigenvalue weighted by Crippen LogP contribution is 2.35. The minimum atomic E-state index is -0.193. The van der Waals surface area contributed by atoms with E-state index in [1.54, 1.807) is 0 Å². The van der Waals surface area contributed by atoms with Crippen LogP contribution in [0.3, 0.4) is 0 Å². The number of allylic oxidation sites excluding steroid dienone is 4. The molecule has 49 heavy (non-hydrogen) atoms. The predicted octanol–water partition coefficient (Wildman–Crippen LogP) is 12.0. The highest BCUT2D eigenvalue weighted by Gasteiger charge is 2.23. The van der Waals surface area contributed by atoms with E-state index in [0.29, 0.717) is 17.5 Å². The number of rotatable bonds is 8. The van der Waals surface area contributed by atoms with Crippen molar-refractivity contribution in [2.45, 2.75) is 33.1 Å². The van der Waals surface area contributed by atoms with Crippen LogP contribution < -0.4 is 0 Å². The molecule has 1 aromatic heterocycles. The number of hydrogen-bond acceptors (Lipinski definition) is 3. The molecule has 1 heterocycles. The zero-order valence-electron chi connectivity index (χ0n) is 28.4. The van der Waals surface area contributed by atoms with E-state index in [9.17, 15) is 0 Å². The van der Waals surface area contributed by atoms with Gasteiger partial charge < -0.3 is 0 Å². The van der Waals surface area contributed by atoms with Gasteiger partial charge in [-0.2, -0.15) is 0 Å². The van der Waals surface area contributed by atoms with Crippen LogP contribution in [-0.4, -0.2) is 15.0 Å². The molecule has 238 valence electrons. The topological polar surface area (TPSA) is 38.7 Å². The van der Waals surface area contributed by atoms with E-state index < -0.39 is 0 Å². The molecular weight excluding hydrogens is 595 g/mol. The predicted molar refractivity (Wildman–Crippen MR) is 206 cm³/mol. The third-order valence-electron chi connectivity index (χ3n) is 9.36. The van der Waals surface area contributed by atoms with E-state index in [0.717, 1.165) is 16.7 Å². The van der Waals surface area contributed by atoms with E-state index in [2.05, 4.69) is 148 Å². The Hall–Kier alpha value is -5.93. The molecule has 7 rings (SSSR count). The lowest BCUT2D eigenvalue weighted by molar-refractivity contribution is 0.641. The molecule has 3 heteroatoms. The monoisotopic (exact) mass is 633 g/mol. The molecule has 0 fully saturated rings. The Labute approximate surface area is 289 Å². The van der Waals surface area contributed by atoms with Crippen LogP contribution in [0.25, 0.3) is 61.6 Å². The van der Waals surface area contributed by atoms with Crippen LogP contribution >= 0.6 is 0 Å². The van der Waals surface area contributed by atoms with Crippen LogP contribution in [0.15, 0.2) is 164 Å². The molecule has 0 unspecified atom stereocenters. The number of nitrogens with zero attached hydrogens (tertiary/aromatic N) is 3. The second kappa shape index (κ2) is 13.7. The average molecular weight is 634 g/mol. The first-order valence-corrected chi connectivity index (χ1v) is 16.8. The normalized spacial score (nSPS) is 12.1. The Bertz CT molecular complexity index is 2280. The molecule has 0 bridgehead atoms. The Morgan fingerprint density at radius 3 is 1.53 bits per heavy atom. The van der Waals surface area contributed by atoms with Gasteiger partial charge in [-0.25, -0.2) is 15.0 Å². The summed E-state index contributed by atoms with van der Waals surface area (Å²) < 4.78 is 0. The van der Waals surface area contributed by atoms with Gasteiger partial charge in [0, 0.05) is 22.1 Å². The second-order valence-electron chi connectivity index (χ2n) is 13.0. The van der Waals surface area contributed by atoms with Crippen LogP contribution in [0.5, 0.6) is 0 Å². The SMILES string of the molecule is C/C=C\C=C(/C)c1ccc(-c2nc(-c3ccccc3)nc(-c3ccc(C(C)(C)c4ccc(-c5ccc6ccccc6c5)cc4)cc3)n2)cc1. The Morgan fingerprint density at radius 1 is 0.490 bits per heavy atom. The Balaban J connectivity index is 1.18. The lowest BCUT2D eigenvalue weighted by Gasteiger charge is -2.26. The first kappa shape index (κ1) is 31.7. The van der Waals surface area contributed by atoms with Crippen molar-refractivity contribution < 1.29 is 0 Å². The highest BCUT2D eigenvalue weighted by atomic mass is 15.0. The zero-order chi connectivity index (χ0) is 33.8. The lowest BCUT2D eigenvalue weighted by atomic mass is 9.77. The molecular formula is C46H39N3. The van der Waals surface area contributed by atoms with Gasteiger partial charge >= 0.3 is 0 Å². The minimum absolute atomic E-state index is 0.193. The smallest absolute Gasteiger partial charge is 0.164 e. The Morgan fingerprint density at radius 2 is 0.959 bits per heavy atom. The van der Waals surface area contributed by atoms with Crippen molar-refractivity contribution in [2.75, 3.05) is 0 Å². The molecule has 0 radical (unpaired) electrons. The zero-order valence-corrected chi connectivity index (χ0v) is 28.4. The van der Waals surface area contributed by atoms with Crippen molar-refractivity contribution in [3.8, 4) is 45.3 Å².